The number of nitrogens with zero attached hydrogens (tertiary/aromatic N) is 2. The average molecular weight is 223 g/mol. The summed E-state index contributed by atoms with van der Waals surface area (Å²) in [6.07, 6.45) is 0. The summed E-state index contributed by atoms with van der Waals surface area (Å²) in [6.45, 7) is 0. The van der Waals surface area contributed by atoms with Crippen molar-refractivity contribution in [3.8, 4) is 0 Å². The molecule has 0 bridgehead atoms. The van der Waals surface area contributed by atoms with E-state index in [1.54, 1.807) is 0 Å². The molecule has 0 aliphatic rings. The second-order valence-corrected chi connectivity index (χ2v) is 4.39. The van der Waals surface area contributed by atoms with Gasteiger partial charge in [-0.2, -0.15) is 0 Å². The van der Waals surface area contributed by atoms with E-state index >= 15 is 0 Å². The molecule has 0 atom stereocenters. The summed E-state index contributed by atoms with van der Waals surface area (Å²) in [4.78, 5) is 0. The van der Waals surface area contributed by atoms with Gasteiger partial charge in [0, 0.05) is 0 Å². The normalized spacial score (nSPS) is 10.8. The van der Waals surface area contributed by atoms with Crippen LogP contribution in [0.3, 0.4) is 0 Å². The molecule has 0 spiro atoms. The molecule has 2 aromatic rings. The van der Waals surface area contributed by atoms with Crippen molar-refractivity contribution in [3.05, 3.63) is 30.1 Å². The van der Waals surface area contributed by atoms with Crippen LogP contribution in [0.2, 0.25) is 0 Å². The summed E-state index contributed by atoms with van der Waals surface area (Å²) in [6, 6.07) is 8.19. The van der Waals surface area contributed by atoms with Gasteiger partial charge in [0.15, 0.2) is 15.2 Å². The van der Waals surface area contributed by atoms with Crippen LogP contribution in [0.15, 0.2) is 24.3 Å². The Hall–Kier alpha value is -0.870. The summed E-state index contributed by atoms with van der Waals surface area (Å²) in [7, 11) is 4.00. The van der Waals surface area contributed by atoms with E-state index in [2.05, 4.69) is 33.9 Å². The van der Waals surface area contributed by atoms with E-state index in [4.69, 9.17) is 12.2 Å². The van der Waals surface area contributed by atoms with Crippen LogP contribution in [0.5, 0.6) is 0 Å². The van der Waals surface area contributed by atoms with Crippen molar-refractivity contribution in [3.63, 3.8) is 0 Å². The minimum absolute atomic E-state index is 0.617. The predicted octanol–water partition coefficient (Wildman–Crippen LogP) is 1.61. The summed E-state index contributed by atoms with van der Waals surface area (Å²) in [5, 5.41) is 0. The zero-order chi connectivity index (χ0) is 10.3. The van der Waals surface area contributed by atoms with Crippen LogP contribution in [-0.2, 0) is 14.1 Å². The highest BCUT2D eigenvalue weighted by molar-refractivity contribution is 8.11. The van der Waals surface area contributed by atoms with E-state index in [-0.39, 0.29) is 0 Å². The van der Waals surface area contributed by atoms with Gasteiger partial charge in [-0.05, 0) is 12.1 Å². The van der Waals surface area contributed by atoms with Gasteiger partial charge in [0.05, 0.1) is 14.1 Å². The molecule has 4 heteroatoms. The van der Waals surface area contributed by atoms with Gasteiger partial charge in [0.25, 0.3) is 0 Å². The van der Waals surface area contributed by atoms with Crippen LogP contribution in [0.4, 0.5) is 0 Å². The maximum atomic E-state index is 5.10. The molecular weight excluding hydrogens is 212 g/mol. The molecule has 0 aliphatic carbocycles. The highest BCUT2D eigenvalue weighted by atomic mass is 32.1. The van der Waals surface area contributed by atoms with Gasteiger partial charge in [-0.1, -0.05) is 24.4 Å². The van der Waals surface area contributed by atoms with E-state index in [9.17, 15) is 0 Å². The quantitative estimate of drug-likeness (QED) is 0.439. The van der Waals surface area contributed by atoms with Gasteiger partial charge in [-0.25, -0.2) is 9.13 Å². The van der Waals surface area contributed by atoms with Crippen LogP contribution >= 0.6 is 24.8 Å². The first-order valence-corrected chi connectivity index (χ1v) is 5.15. The Balaban J connectivity index is 2.92. The van der Waals surface area contributed by atoms with Crippen molar-refractivity contribution in [2.45, 2.75) is 0 Å². The monoisotopic (exact) mass is 223 g/mol. The first-order chi connectivity index (χ1) is 6.63. The number of aryl methyl sites for hydroxylation is 2. The number of thiocarbonyl (C=S) groups is 1. The molecule has 0 unspecified atom stereocenters. The molecule has 1 aromatic carbocycles. The Morgan fingerprint density at radius 2 is 2.07 bits per heavy atom. The van der Waals surface area contributed by atoms with E-state index in [0.29, 0.717) is 4.20 Å². The molecule has 1 heterocycles. The zero-order valence-corrected chi connectivity index (χ0v) is 9.77. The first-order valence-electron chi connectivity index (χ1n) is 4.29. The van der Waals surface area contributed by atoms with Gasteiger partial charge in [0.2, 0.25) is 0 Å². The second kappa shape index (κ2) is 3.37. The third-order valence-electron chi connectivity index (χ3n) is 2.43. The molecule has 2 rings (SSSR count). The number of rotatable bonds is 1. The number of para-hydroxylation sites is 2. The van der Waals surface area contributed by atoms with Gasteiger partial charge in [-0.15, -0.1) is 12.6 Å². The lowest BCUT2D eigenvalue weighted by molar-refractivity contribution is -0.646. The van der Waals surface area contributed by atoms with Crippen molar-refractivity contribution >= 4 is 40.1 Å². The van der Waals surface area contributed by atoms with Crippen molar-refractivity contribution < 1.29 is 4.57 Å². The molecule has 0 saturated heterocycles. The number of fused-ring (bicyclic) bond motifs is 1. The fourth-order valence-corrected chi connectivity index (χ4v) is 2.35. The number of hydrogen-bond acceptors (Lipinski definition) is 1. The van der Waals surface area contributed by atoms with E-state index in [1.807, 2.05) is 26.2 Å². The molecule has 0 radical (unpaired) electrons. The molecule has 1 aromatic heterocycles. The molecule has 72 valence electrons. The van der Waals surface area contributed by atoms with Gasteiger partial charge in [0.1, 0.15) is 0 Å². The molecule has 0 saturated carbocycles. The first kappa shape index (κ1) is 9.68. The molecule has 0 N–H and O–H groups in total. The van der Waals surface area contributed by atoms with Crippen LogP contribution in [0, 0.1) is 0 Å². The van der Waals surface area contributed by atoms with E-state index < -0.39 is 0 Å². The van der Waals surface area contributed by atoms with Crippen LogP contribution in [0.25, 0.3) is 11.0 Å². The average Bonchev–Trinajstić information content (AvgIpc) is 2.41. The Bertz CT molecular complexity index is 475. The molecule has 0 amide bonds. The van der Waals surface area contributed by atoms with Gasteiger partial charge < -0.3 is 0 Å². The van der Waals surface area contributed by atoms with Crippen LogP contribution in [-0.4, -0.2) is 8.76 Å². The maximum absolute atomic E-state index is 5.10. The molecule has 2 nitrogen and oxygen atoms in total. The summed E-state index contributed by atoms with van der Waals surface area (Å²) in [5.74, 6) is 0.963. The van der Waals surface area contributed by atoms with Crippen LogP contribution in [0.1, 0.15) is 5.82 Å². The standard InChI is InChI=1S/C10H10N2S2/c1-11-7-5-3-4-6-8(7)12(2)9(11)10(13)14/h3-6H,1-2H3/p+1. The summed E-state index contributed by atoms with van der Waals surface area (Å²) in [5.41, 5.74) is 2.34. The van der Waals surface area contributed by atoms with E-state index in [1.165, 1.54) is 11.0 Å². The lowest BCUT2D eigenvalue weighted by atomic mass is 10.3. The van der Waals surface area contributed by atoms with Crippen molar-refractivity contribution in [1.82, 2.24) is 4.57 Å². The predicted molar refractivity (Wildman–Crippen MR) is 64.8 cm³/mol. The van der Waals surface area contributed by atoms with Gasteiger partial charge >= 0.3 is 5.82 Å². The SMILES string of the molecule is Cn1c(C(=S)S)[n+](C)c2ccccc21. The minimum atomic E-state index is 0.617. The fourth-order valence-electron chi connectivity index (χ4n) is 1.77. The Labute approximate surface area is 93.6 Å². The Kier molecular flexibility index (Phi) is 2.33. The van der Waals surface area contributed by atoms with Crippen LogP contribution < -0.4 is 4.57 Å². The fraction of sp³-hybridized carbons (Fsp3) is 0.200. The lowest BCUT2D eigenvalue weighted by Gasteiger charge is -1.92. The lowest BCUT2D eigenvalue weighted by Crippen LogP contribution is -2.34. The summed E-state index contributed by atoms with van der Waals surface area (Å²) < 4.78 is 4.74. The van der Waals surface area contributed by atoms with Crippen molar-refractivity contribution in [2.75, 3.05) is 0 Å². The third-order valence-corrected chi connectivity index (χ3v) is 2.81. The zero-order valence-electron chi connectivity index (χ0n) is 8.06. The Morgan fingerprint density at radius 3 is 2.64 bits per heavy atom. The van der Waals surface area contributed by atoms with E-state index in [0.717, 1.165) is 5.82 Å². The number of benzene rings is 1. The second-order valence-electron chi connectivity index (χ2n) is 3.24. The third kappa shape index (κ3) is 1.26. The largest absolute Gasteiger partial charge is 0.306 e. The van der Waals surface area contributed by atoms with Gasteiger partial charge in [-0.3, -0.25) is 0 Å². The smallest absolute Gasteiger partial charge is 0.224 e. The number of imidazole rings is 1. The molecule has 14 heavy (non-hydrogen) atoms. The number of aromatic nitrogens is 2. The molecule has 0 aliphatic heterocycles. The Morgan fingerprint density at radius 1 is 1.43 bits per heavy atom. The molecular formula is C10H11N2S2+. The van der Waals surface area contributed by atoms with Crippen molar-refractivity contribution in [1.29, 1.82) is 0 Å². The summed E-state index contributed by atoms with van der Waals surface area (Å²) >= 11 is 9.33. The topological polar surface area (TPSA) is 8.81 Å². The highest BCUT2D eigenvalue weighted by Crippen LogP contribution is 2.13. The highest BCUT2D eigenvalue weighted by Gasteiger charge is 2.20. The number of thiol groups is 1. The van der Waals surface area contributed by atoms with Crippen molar-refractivity contribution in [2.24, 2.45) is 14.1 Å². The maximum Gasteiger partial charge on any atom is 0.306 e. The number of hydrogen-bond donors (Lipinski definition) is 1. The minimum Gasteiger partial charge on any atom is -0.224 e. The molecule has 0 fully saturated rings.